The topological polar surface area (TPSA) is 78.5 Å². The van der Waals surface area contributed by atoms with Gasteiger partial charge in [0.15, 0.2) is 0 Å². The highest BCUT2D eigenvalue weighted by molar-refractivity contribution is 6.39. The molecule has 8 heteroatoms. The number of piperidine rings is 1. The molecule has 2 N–H and O–H groups in total. The maximum Gasteiger partial charge on any atom is 0.313 e. The van der Waals surface area contributed by atoms with Crippen LogP contribution in [0.5, 0.6) is 0 Å². The van der Waals surface area contributed by atoms with Crippen LogP contribution in [0.3, 0.4) is 0 Å². The van der Waals surface area contributed by atoms with Gasteiger partial charge >= 0.3 is 11.8 Å². The second-order valence-electron chi connectivity index (χ2n) is 4.97. The number of carbonyl (C=O) groups excluding carboxylic acids is 3. The van der Waals surface area contributed by atoms with E-state index in [1.165, 1.54) is 12.1 Å². The van der Waals surface area contributed by atoms with E-state index in [2.05, 4.69) is 10.6 Å². The fourth-order valence-electron chi connectivity index (χ4n) is 2.16. The number of anilines is 1. The third-order valence-corrected chi connectivity index (χ3v) is 3.70. The molecule has 118 valence electrons. The molecule has 0 radical (unpaired) electrons. The molecule has 1 fully saturated rings. The van der Waals surface area contributed by atoms with Crippen molar-refractivity contribution in [3.63, 3.8) is 0 Å². The lowest BCUT2D eigenvalue weighted by molar-refractivity contribution is -0.136. The van der Waals surface area contributed by atoms with Crippen molar-refractivity contribution >= 4 is 35.5 Å². The van der Waals surface area contributed by atoms with Gasteiger partial charge in [-0.2, -0.15) is 0 Å². The summed E-state index contributed by atoms with van der Waals surface area (Å²) in [5.74, 6) is -2.35. The summed E-state index contributed by atoms with van der Waals surface area (Å²) in [6, 6.07) is 3.57. The SMILES string of the molecule is O=CN1CCC(NC(=O)C(=O)Nc2ccc(Cl)c(F)c2)CC1. The Morgan fingerprint density at radius 3 is 2.55 bits per heavy atom. The molecule has 22 heavy (non-hydrogen) atoms. The second kappa shape index (κ2) is 7.22. The Morgan fingerprint density at radius 1 is 1.27 bits per heavy atom. The Balaban J connectivity index is 1.85. The minimum absolute atomic E-state index is 0.0654. The molecule has 0 atom stereocenters. The van der Waals surface area contributed by atoms with Gasteiger partial charge < -0.3 is 15.5 Å². The van der Waals surface area contributed by atoms with Crippen molar-refractivity contribution in [1.29, 1.82) is 0 Å². The lowest BCUT2D eigenvalue weighted by Crippen LogP contribution is -2.47. The number of hydrogen-bond acceptors (Lipinski definition) is 3. The van der Waals surface area contributed by atoms with Crippen molar-refractivity contribution in [2.24, 2.45) is 0 Å². The number of nitrogens with zero attached hydrogens (tertiary/aromatic N) is 1. The highest BCUT2D eigenvalue weighted by atomic mass is 35.5. The highest BCUT2D eigenvalue weighted by Crippen LogP contribution is 2.18. The van der Waals surface area contributed by atoms with Gasteiger partial charge in [0.1, 0.15) is 5.82 Å². The lowest BCUT2D eigenvalue weighted by Gasteiger charge is -2.29. The number of nitrogens with one attached hydrogen (secondary N) is 2. The maximum atomic E-state index is 13.3. The summed E-state index contributed by atoms with van der Waals surface area (Å²) in [6.45, 7) is 1.08. The molecule has 0 bridgehead atoms. The first kappa shape index (κ1) is 16.2. The number of halogens is 2. The summed E-state index contributed by atoms with van der Waals surface area (Å²) in [7, 11) is 0. The van der Waals surface area contributed by atoms with E-state index < -0.39 is 17.6 Å². The molecule has 3 amide bonds. The van der Waals surface area contributed by atoms with E-state index in [-0.39, 0.29) is 16.8 Å². The fraction of sp³-hybridized carbons (Fsp3) is 0.357. The van der Waals surface area contributed by atoms with Crippen molar-refractivity contribution in [2.45, 2.75) is 18.9 Å². The Bertz CT molecular complexity index is 589. The highest BCUT2D eigenvalue weighted by Gasteiger charge is 2.23. The number of hydrogen-bond donors (Lipinski definition) is 2. The second-order valence-corrected chi connectivity index (χ2v) is 5.38. The summed E-state index contributed by atoms with van der Waals surface area (Å²) >= 11 is 5.54. The average Bonchev–Trinajstić information content (AvgIpc) is 2.51. The van der Waals surface area contributed by atoms with Crippen LogP contribution < -0.4 is 10.6 Å². The predicted molar refractivity (Wildman–Crippen MR) is 78.8 cm³/mol. The Morgan fingerprint density at radius 2 is 1.95 bits per heavy atom. The first-order valence-electron chi connectivity index (χ1n) is 6.76. The molecule has 1 aromatic rings. The summed E-state index contributed by atoms with van der Waals surface area (Å²) in [5.41, 5.74) is 0.151. The Hall–Kier alpha value is -2.15. The molecule has 6 nitrogen and oxygen atoms in total. The van der Waals surface area contributed by atoms with Crippen LogP contribution in [-0.4, -0.2) is 42.3 Å². The van der Waals surface area contributed by atoms with Crippen molar-refractivity contribution in [3.8, 4) is 0 Å². The monoisotopic (exact) mass is 327 g/mol. The quantitative estimate of drug-likeness (QED) is 0.646. The molecule has 0 unspecified atom stereocenters. The number of rotatable bonds is 3. The van der Waals surface area contributed by atoms with Gasteiger partial charge in [0.25, 0.3) is 0 Å². The van der Waals surface area contributed by atoms with Gasteiger partial charge in [-0.25, -0.2) is 4.39 Å². The van der Waals surface area contributed by atoms with E-state index in [1.54, 1.807) is 4.90 Å². The van der Waals surface area contributed by atoms with Crippen molar-refractivity contribution in [2.75, 3.05) is 18.4 Å². The summed E-state index contributed by atoms with van der Waals surface area (Å²) in [5, 5.41) is 4.83. The summed E-state index contributed by atoms with van der Waals surface area (Å²) in [4.78, 5) is 35.7. The van der Waals surface area contributed by atoms with Crippen LogP contribution in [0.25, 0.3) is 0 Å². The molecule has 1 saturated heterocycles. The minimum atomic E-state index is -0.875. The van der Waals surface area contributed by atoms with E-state index in [0.29, 0.717) is 25.9 Å². The van der Waals surface area contributed by atoms with Crippen LogP contribution in [0.2, 0.25) is 5.02 Å². The van der Waals surface area contributed by atoms with E-state index in [9.17, 15) is 18.8 Å². The van der Waals surface area contributed by atoms with Crippen LogP contribution in [0.4, 0.5) is 10.1 Å². The largest absolute Gasteiger partial charge is 0.345 e. The smallest absolute Gasteiger partial charge is 0.313 e. The van der Waals surface area contributed by atoms with Crippen LogP contribution in [0.1, 0.15) is 12.8 Å². The van der Waals surface area contributed by atoms with Crippen molar-refractivity contribution < 1.29 is 18.8 Å². The third kappa shape index (κ3) is 4.17. The van der Waals surface area contributed by atoms with Crippen molar-refractivity contribution in [3.05, 3.63) is 29.0 Å². The van der Waals surface area contributed by atoms with E-state index in [4.69, 9.17) is 11.6 Å². The zero-order valence-corrected chi connectivity index (χ0v) is 12.4. The molecule has 0 aromatic heterocycles. The predicted octanol–water partition coefficient (Wildman–Crippen LogP) is 1.15. The van der Waals surface area contributed by atoms with Gasteiger partial charge in [-0.05, 0) is 31.0 Å². The molecule has 1 aromatic carbocycles. The lowest BCUT2D eigenvalue weighted by atomic mass is 10.1. The standard InChI is InChI=1S/C14H15ClFN3O3/c15-11-2-1-10(7-12(11)16)18-14(22)13(21)17-9-3-5-19(8-20)6-4-9/h1-2,7-9H,3-6H2,(H,17,21)(H,18,22). The number of likely N-dealkylation sites (tertiary alicyclic amines) is 1. The van der Waals surface area contributed by atoms with Gasteiger partial charge in [-0.1, -0.05) is 11.6 Å². The number of amides is 3. The Labute approximate surface area is 131 Å². The van der Waals surface area contributed by atoms with Gasteiger partial charge in [-0.3, -0.25) is 14.4 Å². The average molecular weight is 328 g/mol. The van der Waals surface area contributed by atoms with Gasteiger partial charge in [0.05, 0.1) is 5.02 Å². The molecule has 1 aliphatic rings. The molecule has 0 saturated carbocycles. The molecular weight excluding hydrogens is 313 g/mol. The molecule has 1 heterocycles. The van der Waals surface area contributed by atoms with Crippen LogP contribution >= 0.6 is 11.6 Å². The fourth-order valence-corrected chi connectivity index (χ4v) is 2.28. The number of carbonyl (C=O) groups is 3. The van der Waals surface area contributed by atoms with Gasteiger partial charge in [0.2, 0.25) is 6.41 Å². The zero-order valence-electron chi connectivity index (χ0n) is 11.6. The molecule has 0 aliphatic carbocycles. The van der Waals surface area contributed by atoms with Crippen LogP contribution in [0.15, 0.2) is 18.2 Å². The minimum Gasteiger partial charge on any atom is -0.345 e. The first-order chi connectivity index (χ1) is 10.5. The van der Waals surface area contributed by atoms with Gasteiger partial charge in [0, 0.05) is 24.8 Å². The Kier molecular flexibility index (Phi) is 5.32. The van der Waals surface area contributed by atoms with E-state index in [1.807, 2.05) is 0 Å². The first-order valence-corrected chi connectivity index (χ1v) is 7.13. The third-order valence-electron chi connectivity index (χ3n) is 3.40. The normalized spacial score (nSPS) is 15.3. The van der Waals surface area contributed by atoms with Crippen LogP contribution in [0, 0.1) is 5.82 Å². The summed E-state index contributed by atoms with van der Waals surface area (Å²) < 4.78 is 13.3. The summed E-state index contributed by atoms with van der Waals surface area (Å²) in [6.07, 6.45) is 1.94. The van der Waals surface area contributed by atoms with E-state index in [0.717, 1.165) is 12.5 Å². The molecule has 0 spiro atoms. The zero-order chi connectivity index (χ0) is 16.1. The maximum absolute atomic E-state index is 13.3. The number of benzene rings is 1. The van der Waals surface area contributed by atoms with Crippen molar-refractivity contribution in [1.82, 2.24) is 10.2 Å². The van der Waals surface area contributed by atoms with Crippen LogP contribution in [-0.2, 0) is 14.4 Å². The molecule has 2 rings (SSSR count). The molecule has 1 aliphatic heterocycles. The van der Waals surface area contributed by atoms with Gasteiger partial charge in [-0.15, -0.1) is 0 Å². The van der Waals surface area contributed by atoms with E-state index >= 15 is 0 Å². The molecular formula is C14H15ClFN3O3.